The van der Waals surface area contributed by atoms with Crippen LogP contribution in [0, 0.1) is 11.7 Å². The van der Waals surface area contributed by atoms with E-state index in [1.807, 2.05) is 0 Å². The summed E-state index contributed by atoms with van der Waals surface area (Å²) >= 11 is 11.8. The molecule has 5 nitrogen and oxygen atoms in total. The average Bonchev–Trinajstić information content (AvgIpc) is 2.71. The zero-order valence-electron chi connectivity index (χ0n) is 16.4. The molecule has 0 spiro atoms. The standard InChI is InChI=1S/C20H18Cl2F4N2O3S/c21-15-2-1-3-17(23)14(15)11-32(30,31)28-8-6-12(7-9-28)19(29)27-18-10-13(20(24,25)26)4-5-16(18)22/h1-5,10,12H,6-9,11H2,(H,27,29). The van der Waals surface area contributed by atoms with Crippen molar-refractivity contribution < 1.29 is 30.8 Å². The zero-order valence-corrected chi connectivity index (χ0v) is 18.8. The molecule has 0 saturated carbocycles. The second-order valence-electron chi connectivity index (χ2n) is 7.31. The highest BCUT2D eigenvalue weighted by Crippen LogP contribution is 2.34. The van der Waals surface area contributed by atoms with E-state index in [-0.39, 0.29) is 47.2 Å². The normalized spacial score (nSPS) is 16.2. The molecule has 3 rings (SSSR count). The molecule has 1 N–H and O–H groups in total. The second-order valence-corrected chi connectivity index (χ2v) is 10.1. The summed E-state index contributed by atoms with van der Waals surface area (Å²) in [6.07, 6.45) is -4.30. The topological polar surface area (TPSA) is 66.5 Å². The van der Waals surface area contributed by atoms with Gasteiger partial charge >= 0.3 is 6.18 Å². The predicted octanol–water partition coefficient (Wildman–Crippen LogP) is 5.33. The summed E-state index contributed by atoms with van der Waals surface area (Å²) in [7, 11) is -3.89. The van der Waals surface area contributed by atoms with Crippen LogP contribution >= 0.6 is 23.2 Å². The molecule has 0 radical (unpaired) electrons. The molecule has 1 saturated heterocycles. The average molecular weight is 513 g/mol. The molecule has 0 bridgehead atoms. The minimum atomic E-state index is -4.59. The number of halogens is 6. The molecular formula is C20H18Cl2F4N2O3S. The lowest BCUT2D eigenvalue weighted by atomic mass is 9.97. The minimum Gasteiger partial charge on any atom is -0.325 e. The first-order chi connectivity index (χ1) is 14.9. The van der Waals surface area contributed by atoms with Crippen molar-refractivity contribution in [3.8, 4) is 0 Å². The number of hydrogen-bond acceptors (Lipinski definition) is 3. The Balaban J connectivity index is 1.64. The smallest absolute Gasteiger partial charge is 0.325 e. The molecule has 0 atom stereocenters. The second kappa shape index (κ2) is 9.54. The van der Waals surface area contributed by atoms with Gasteiger partial charge in [0.2, 0.25) is 15.9 Å². The highest BCUT2D eigenvalue weighted by molar-refractivity contribution is 7.88. The monoisotopic (exact) mass is 512 g/mol. The van der Waals surface area contributed by atoms with Crippen LogP contribution in [0.4, 0.5) is 23.2 Å². The van der Waals surface area contributed by atoms with Crippen LogP contribution in [0.25, 0.3) is 0 Å². The number of nitrogens with one attached hydrogen (secondary N) is 1. The largest absolute Gasteiger partial charge is 0.416 e. The first-order valence-corrected chi connectivity index (χ1v) is 11.8. The molecule has 2 aromatic rings. The molecule has 1 amide bonds. The lowest BCUT2D eigenvalue weighted by Crippen LogP contribution is -2.42. The molecule has 32 heavy (non-hydrogen) atoms. The Morgan fingerprint density at radius 1 is 1.09 bits per heavy atom. The van der Waals surface area contributed by atoms with Crippen molar-refractivity contribution in [1.29, 1.82) is 0 Å². The SMILES string of the molecule is O=C(Nc1cc(C(F)(F)F)ccc1Cl)C1CCN(S(=O)(=O)Cc2c(F)cccc2Cl)CC1. The van der Waals surface area contributed by atoms with Gasteiger partial charge in [-0.3, -0.25) is 4.79 Å². The number of anilines is 1. The van der Waals surface area contributed by atoms with Crippen LogP contribution in [0.1, 0.15) is 24.0 Å². The van der Waals surface area contributed by atoms with Crippen LogP contribution in [0.5, 0.6) is 0 Å². The Hall–Kier alpha value is -1.88. The summed E-state index contributed by atoms with van der Waals surface area (Å²) in [4.78, 5) is 12.5. The van der Waals surface area contributed by atoms with E-state index in [4.69, 9.17) is 23.2 Å². The van der Waals surface area contributed by atoms with Crippen LogP contribution < -0.4 is 5.32 Å². The van der Waals surface area contributed by atoms with Crippen molar-refractivity contribution in [3.63, 3.8) is 0 Å². The number of sulfonamides is 1. The molecule has 1 aliphatic rings. The van der Waals surface area contributed by atoms with Crippen LogP contribution in [0.2, 0.25) is 10.0 Å². The third-order valence-corrected chi connectivity index (χ3v) is 7.65. The van der Waals surface area contributed by atoms with Gasteiger partial charge in [0.1, 0.15) is 5.82 Å². The number of piperidine rings is 1. The van der Waals surface area contributed by atoms with Gasteiger partial charge in [-0.1, -0.05) is 29.3 Å². The summed E-state index contributed by atoms with van der Waals surface area (Å²) in [5.41, 5.74) is -1.26. The number of nitrogens with zero attached hydrogens (tertiary/aromatic N) is 1. The summed E-state index contributed by atoms with van der Waals surface area (Å²) < 4.78 is 79.2. The maximum absolute atomic E-state index is 14.0. The van der Waals surface area contributed by atoms with E-state index in [1.165, 1.54) is 12.1 Å². The van der Waals surface area contributed by atoms with E-state index in [0.29, 0.717) is 0 Å². The van der Waals surface area contributed by atoms with E-state index in [9.17, 15) is 30.8 Å². The number of hydrogen-bond donors (Lipinski definition) is 1. The highest BCUT2D eigenvalue weighted by Gasteiger charge is 2.34. The first-order valence-electron chi connectivity index (χ1n) is 9.47. The fraction of sp³-hybridized carbons (Fsp3) is 0.350. The molecule has 2 aromatic carbocycles. The Morgan fingerprint density at radius 2 is 1.75 bits per heavy atom. The summed E-state index contributed by atoms with van der Waals surface area (Å²) in [6.45, 7) is 0.00558. The van der Waals surface area contributed by atoms with Gasteiger partial charge in [-0.2, -0.15) is 13.2 Å². The van der Waals surface area contributed by atoms with E-state index in [0.717, 1.165) is 28.6 Å². The maximum atomic E-state index is 14.0. The van der Waals surface area contributed by atoms with Crippen molar-refractivity contribution >= 4 is 44.8 Å². The lowest BCUT2D eigenvalue weighted by Gasteiger charge is -2.30. The highest BCUT2D eigenvalue weighted by atomic mass is 35.5. The fourth-order valence-corrected chi connectivity index (χ4v) is 5.45. The number of rotatable bonds is 5. The number of carbonyl (C=O) groups is 1. The van der Waals surface area contributed by atoms with Crippen LogP contribution in [0.15, 0.2) is 36.4 Å². The third kappa shape index (κ3) is 5.72. The van der Waals surface area contributed by atoms with Crippen LogP contribution in [0.3, 0.4) is 0 Å². The van der Waals surface area contributed by atoms with E-state index in [2.05, 4.69) is 5.32 Å². The van der Waals surface area contributed by atoms with Crippen molar-refractivity contribution in [3.05, 3.63) is 63.4 Å². The molecule has 0 aromatic heterocycles. The molecule has 1 aliphatic heterocycles. The Bertz CT molecular complexity index is 1100. The van der Waals surface area contributed by atoms with E-state index < -0.39 is 45.2 Å². The number of benzene rings is 2. The van der Waals surface area contributed by atoms with Gasteiger partial charge in [-0.05, 0) is 43.2 Å². The lowest BCUT2D eigenvalue weighted by molar-refractivity contribution is -0.137. The predicted molar refractivity (Wildman–Crippen MR) is 113 cm³/mol. The maximum Gasteiger partial charge on any atom is 0.416 e. The quantitative estimate of drug-likeness (QED) is 0.550. The number of carbonyl (C=O) groups excluding carboxylic acids is 1. The van der Waals surface area contributed by atoms with Crippen molar-refractivity contribution in [2.75, 3.05) is 18.4 Å². The van der Waals surface area contributed by atoms with Gasteiger partial charge in [0.05, 0.1) is 22.0 Å². The fourth-order valence-electron chi connectivity index (χ4n) is 3.37. The molecule has 174 valence electrons. The molecule has 1 fully saturated rings. The number of alkyl halides is 3. The van der Waals surface area contributed by atoms with Gasteiger partial charge in [-0.25, -0.2) is 17.1 Å². The van der Waals surface area contributed by atoms with E-state index >= 15 is 0 Å². The van der Waals surface area contributed by atoms with Gasteiger partial charge in [0.15, 0.2) is 0 Å². The molecular weight excluding hydrogens is 495 g/mol. The van der Waals surface area contributed by atoms with Crippen molar-refractivity contribution in [2.24, 2.45) is 5.92 Å². The molecule has 12 heteroatoms. The molecule has 0 unspecified atom stereocenters. The van der Waals surface area contributed by atoms with Crippen molar-refractivity contribution in [2.45, 2.75) is 24.8 Å². The third-order valence-electron chi connectivity index (χ3n) is 5.16. The Morgan fingerprint density at radius 3 is 2.34 bits per heavy atom. The summed E-state index contributed by atoms with van der Waals surface area (Å²) in [5.74, 6) is -2.52. The van der Waals surface area contributed by atoms with E-state index in [1.54, 1.807) is 0 Å². The summed E-state index contributed by atoms with van der Waals surface area (Å²) in [5, 5.41) is 2.35. The first kappa shape index (κ1) is 24.8. The zero-order chi connectivity index (χ0) is 23.7. The van der Waals surface area contributed by atoms with Crippen LogP contribution in [-0.4, -0.2) is 31.7 Å². The number of amides is 1. The van der Waals surface area contributed by atoms with Crippen LogP contribution in [-0.2, 0) is 26.7 Å². The molecule has 1 heterocycles. The van der Waals surface area contributed by atoms with Gasteiger partial charge in [0, 0.05) is 29.6 Å². The minimum absolute atomic E-state index is 0.000745. The molecule has 0 aliphatic carbocycles. The summed E-state index contributed by atoms with van der Waals surface area (Å²) in [6, 6.07) is 6.48. The van der Waals surface area contributed by atoms with Gasteiger partial charge in [-0.15, -0.1) is 0 Å². The Labute approximate surface area is 192 Å². The Kier molecular flexibility index (Phi) is 7.38. The van der Waals surface area contributed by atoms with Gasteiger partial charge in [0.25, 0.3) is 0 Å². The van der Waals surface area contributed by atoms with Crippen molar-refractivity contribution in [1.82, 2.24) is 4.31 Å². The van der Waals surface area contributed by atoms with Gasteiger partial charge < -0.3 is 5.32 Å².